The Labute approximate surface area is 135 Å². The van der Waals surface area contributed by atoms with Crippen LogP contribution in [0.2, 0.25) is 0 Å². The van der Waals surface area contributed by atoms with Crippen molar-refractivity contribution in [2.24, 2.45) is 15.9 Å². The summed E-state index contributed by atoms with van der Waals surface area (Å²) in [6, 6.07) is 19.4. The van der Waals surface area contributed by atoms with Crippen LogP contribution >= 0.6 is 11.6 Å². The van der Waals surface area contributed by atoms with E-state index in [1.54, 1.807) is 6.92 Å². The number of rotatable bonds is 4. The van der Waals surface area contributed by atoms with Gasteiger partial charge in [-0.05, 0) is 25.0 Å². The Hall–Kier alpha value is -2.39. The van der Waals surface area contributed by atoms with Crippen molar-refractivity contribution in [3.8, 4) is 0 Å². The molecule has 2 aromatic carbocycles. The first-order valence-corrected chi connectivity index (χ1v) is 7.32. The molecule has 2 N–H and O–H groups in total. The molecule has 0 radical (unpaired) electrons. The van der Waals surface area contributed by atoms with Crippen LogP contribution in [0.3, 0.4) is 0 Å². The second kappa shape index (κ2) is 7.57. The Morgan fingerprint density at radius 2 is 1.32 bits per heavy atom. The third kappa shape index (κ3) is 4.06. The van der Waals surface area contributed by atoms with Gasteiger partial charge in [0.15, 0.2) is 0 Å². The third-order valence-electron chi connectivity index (χ3n) is 3.18. The van der Waals surface area contributed by atoms with Crippen LogP contribution in [0.5, 0.6) is 0 Å². The minimum absolute atomic E-state index is 0.413. The van der Waals surface area contributed by atoms with Crippen LogP contribution in [0.1, 0.15) is 25.0 Å². The lowest BCUT2D eigenvalue weighted by Gasteiger charge is -2.05. The Morgan fingerprint density at radius 1 is 0.818 bits per heavy atom. The summed E-state index contributed by atoms with van der Waals surface area (Å²) in [5, 5.41) is 8.82. The van der Waals surface area contributed by atoms with E-state index >= 15 is 0 Å². The molecular weight excluding hydrogens is 294 g/mol. The smallest absolute Gasteiger partial charge is 0.0872 e. The number of hydrogen-bond donors (Lipinski definition) is 1. The molecule has 22 heavy (non-hydrogen) atoms. The van der Waals surface area contributed by atoms with Crippen LogP contribution < -0.4 is 5.73 Å². The van der Waals surface area contributed by atoms with Gasteiger partial charge in [0, 0.05) is 0 Å². The predicted octanol–water partition coefficient (Wildman–Crippen LogP) is 4.44. The van der Waals surface area contributed by atoms with Crippen molar-refractivity contribution in [2.75, 3.05) is 0 Å². The molecular formula is C18H18ClN3. The fraction of sp³-hybridized carbons (Fsp3) is 0.111. The molecule has 0 heterocycles. The van der Waals surface area contributed by atoms with Crippen LogP contribution in [0.15, 0.2) is 75.9 Å². The minimum Gasteiger partial charge on any atom is -0.397 e. The van der Waals surface area contributed by atoms with Crippen LogP contribution in [-0.4, -0.2) is 11.4 Å². The quantitative estimate of drug-likeness (QED) is 0.658. The summed E-state index contributed by atoms with van der Waals surface area (Å²) in [6.45, 7) is 3.70. The van der Waals surface area contributed by atoms with Crippen LogP contribution in [0, 0.1) is 0 Å². The molecule has 0 saturated heterocycles. The highest BCUT2D eigenvalue weighted by atomic mass is 35.5. The van der Waals surface area contributed by atoms with Gasteiger partial charge in [-0.15, -0.1) is 0 Å². The second-order valence-electron chi connectivity index (χ2n) is 4.83. The highest BCUT2D eigenvalue weighted by Crippen LogP contribution is 2.18. The molecule has 112 valence electrons. The van der Waals surface area contributed by atoms with Gasteiger partial charge in [0.05, 0.1) is 22.2 Å². The highest BCUT2D eigenvalue weighted by molar-refractivity contribution is 6.46. The summed E-state index contributed by atoms with van der Waals surface area (Å²) >= 11 is 6.30. The molecule has 0 bridgehead atoms. The number of nitrogens with zero attached hydrogens (tertiary/aromatic N) is 2. The fourth-order valence-corrected chi connectivity index (χ4v) is 2.02. The Bertz CT molecular complexity index is 717. The van der Waals surface area contributed by atoms with E-state index in [0.717, 1.165) is 16.8 Å². The van der Waals surface area contributed by atoms with Crippen molar-refractivity contribution in [1.82, 2.24) is 0 Å². The summed E-state index contributed by atoms with van der Waals surface area (Å²) in [7, 11) is 0. The molecule has 0 aliphatic heterocycles. The van der Waals surface area contributed by atoms with Gasteiger partial charge in [-0.25, -0.2) is 0 Å². The maximum atomic E-state index is 6.30. The molecule has 2 aromatic rings. The number of halogens is 1. The molecule has 0 fully saturated rings. The van der Waals surface area contributed by atoms with Gasteiger partial charge in [-0.3, -0.25) is 0 Å². The number of nitrogens with two attached hydrogens (primary N) is 1. The first-order valence-electron chi connectivity index (χ1n) is 6.95. The van der Waals surface area contributed by atoms with Crippen molar-refractivity contribution in [3.63, 3.8) is 0 Å². The van der Waals surface area contributed by atoms with Gasteiger partial charge in [0.2, 0.25) is 0 Å². The van der Waals surface area contributed by atoms with E-state index in [4.69, 9.17) is 17.3 Å². The molecule has 4 heteroatoms. The average Bonchev–Trinajstić information content (AvgIpc) is 2.59. The van der Waals surface area contributed by atoms with Gasteiger partial charge in [-0.1, -0.05) is 72.3 Å². The van der Waals surface area contributed by atoms with E-state index in [9.17, 15) is 0 Å². The summed E-state index contributed by atoms with van der Waals surface area (Å²) in [4.78, 5) is 0. The maximum Gasteiger partial charge on any atom is 0.0872 e. The van der Waals surface area contributed by atoms with Crippen LogP contribution in [0.25, 0.3) is 5.70 Å². The van der Waals surface area contributed by atoms with Gasteiger partial charge in [-0.2, -0.15) is 10.2 Å². The fourth-order valence-electron chi connectivity index (χ4n) is 1.87. The molecule has 0 unspecified atom stereocenters. The third-order valence-corrected chi connectivity index (χ3v) is 3.66. The lowest BCUT2D eigenvalue weighted by atomic mass is 10.1. The van der Waals surface area contributed by atoms with Crippen molar-refractivity contribution in [2.45, 2.75) is 13.8 Å². The van der Waals surface area contributed by atoms with E-state index < -0.39 is 0 Å². The molecule has 0 amide bonds. The van der Waals surface area contributed by atoms with Gasteiger partial charge < -0.3 is 5.73 Å². The van der Waals surface area contributed by atoms with Crippen molar-refractivity contribution in [3.05, 3.63) is 76.8 Å². The number of hydrogen-bond acceptors (Lipinski definition) is 3. The van der Waals surface area contributed by atoms with E-state index in [0.29, 0.717) is 16.4 Å². The van der Waals surface area contributed by atoms with Gasteiger partial charge >= 0.3 is 0 Å². The zero-order valence-corrected chi connectivity index (χ0v) is 13.4. The zero-order valence-electron chi connectivity index (χ0n) is 12.6. The Morgan fingerprint density at radius 3 is 1.86 bits per heavy atom. The molecule has 0 aliphatic rings. The van der Waals surface area contributed by atoms with Crippen molar-refractivity contribution in [1.29, 1.82) is 0 Å². The van der Waals surface area contributed by atoms with Crippen molar-refractivity contribution < 1.29 is 0 Å². The van der Waals surface area contributed by atoms with Gasteiger partial charge in [0.1, 0.15) is 0 Å². The second-order valence-corrected chi connectivity index (χ2v) is 5.21. The number of benzene rings is 2. The van der Waals surface area contributed by atoms with E-state index in [2.05, 4.69) is 10.2 Å². The lowest BCUT2D eigenvalue weighted by molar-refractivity contribution is 1.22. The van der Waals surface area contributed by atoms with Gasteiger partial charge in [0.25, 0.3) is 0 Å². The Balaban J connectivity index is 2.25. The molecule has 0 saturated carbocycles. The minimum atomic E-state index is 0.413. The molecule has 2 rings (SSSR count). The molecule has 0 atom stereocenters. The van der Waals surface area contributed by atoms with Crippen LogP contribution in [-0.2, 0) is 0 Å². The topological polar surface area (TPSA) is 50.7 Å². The molecule has 3 nitrogen and oxygen atoms in total. The molecule has 0 spiro atoms. The van der Waals surface area contributed by atoms with E-state index in [1.807, 2.05) is 67.6 Å². The molecule has 0 aromatic heterocycles. The normalized spacial score (nSPS) is 13.8. The molecule has 0 aliphatic carbocycles. The summed E-state index contributed by atoms with van der Waals surface area (Å²) in [5.74, 6) is 0. The maximum absolute atomic E-state index is 6.30. The highest BCUT2D eigenvalue weighted by Gasteiger charge is 2.06. The first-order chi connectivity index (χ1) is 10.6. The van der Waals surface area contributed by atoms with E-state index in [1.165, 1.54) is 0 Å². The van der Waals surface area contributed by atoms with E-state index in [-0.39, 0.29) is 0 Å². The monoisotopic (exact) mass is 311 g/mol. The zero-order chi connectivity index (χ0) is 15.9. The first kappa shape index (κ1) is 16.0. The predicted molar refractivity (Wildman–Crippen MR) is 95.2 cm³/mol. The summed E-state index contributed by atoms with van der Waals surface area (Å²) in [5.41, 5.74) is 9.87. The Kier molecular flexibility index (Phi) is 5.50. The summed E-state index contributed by atoms with van der Waals surface area (Å²) < 4.78 is 0. The lowest BCUT2D eigenvalue weighted by Crippen LogP contribution is -2.04. The summed E-state index contributed by atoms with van der Waals surface area (Å²) in [6.07, 6.45) is 0. The number of allylic oxidation sites excluding steroid dienone is 1. The van der Waals surface area contributed by atoms with Crippen molar-refractivity contribution >= 4 is 28.7 Å². The largest absolute Gasteiger partial charge is 0.397 e. The SMILES string of the molecule is CC(=N/N=C(/C)c1ccccc1)/C(Cl)=C(\N)c1ccccc1. The average molecular weight is 312 g/mol. The standard InChI is InChI=1S/C18H18ClN3/c1-13(15-9-5-3-6-10-15)21-22-14(2)17(19)18(20)16-11-7-4-8-12-16/h3-12H,20H2,1-2H3/b18-17+,21-13-,22-14-. The van der Waals surface area contributed by atoms with Crippen LogP contribution in [0.4, 0.5) is 0 Å².